The van der Waals surface area contributed by atoms with Crippen LogP contribution in [0.2, 0.25) is 0 Å². The Hall–Kier alpha value is -1.56. The summed E-state index contributed by atoms with van der Waals surface area (Å²) < 4.78 is 13.3. The summed E-state index contributed by atoms with van der Waals surface area (Å²) in [6, 6.07) is 20.5. The Morgan fingerprint density at radius 2 is 1.36 bits per heavy atom. The Kier molecular flexibility index (Phi) is 8.37. The molecule has 174 valence electrons. The van der Waals surface area contributed by atoms with Crippen molar-refractivity contribution in [1.29, 1.82) is 0 Å². The van der Waals surface area contributed by atoms with E-state index in [4.69, 9.17) is 9.47 Å². The molecule has 0 aliphatic carbocycles. The number of phenols is 1. The van der Waals surface area contributed by atoms with Crippen LogP contribution in [0.25, 0.3) is 0 Å². The molecule has 1 N–H and O–H groups in total. The second-order valence-electron chi connectivity index (χ2n) is 8.12. The number of halogens is 2. The number of ether oxygens (including phenoxy) is 2. The summed E-state index contributed by atoms with van der Waals surface area (Å²) in [6.45, 7) is 3.34. The minimum Gasteiger partial charge on any atom is -0.506 e. The Morgan fingerprint density at radius 3 is 1.88 bits per heavy atom. The summed E-state index contributed by atoms with van der Waals surface area (Å²) >= 11 is 4.56. The van der Waals surface area contributed by atoms with Crippen LogP contribution in [0.15, 0.2) is 60.7 Å². The zero-order valence-electron chi connectivity index (χ0n) is 18.8. The quantitative estimate of drug-likeness (QED) is 0.312. The van der Waals surface area contributed by atoms with Gasteiger partial charge in [0.05, 0.1) is 24.0 Å². The van der Waals surface area contributed by atoms with E-state index in [0.29, 0.717) is 5.75 Å². The molecule has 5 nitrogen and oxygen atoms in total. The van der Waals surface area contributed by atoms with Gasteiger partial charge < -0.3 is 14.6 Å². The molecule has 0 bridgehead atoms. The van der Waals surface area contributed by atoms with Crippen LogP contribution >= 0.6 is 45.2 Å². The first-order chi connectivity index (χ1) is 16.0. The van der Waals surface area contributed by atoms with Gasteiger partial charge in [-0.25, -0.2) is 0 Å². The van der Waals surface area contributed by atoms with Gasteiger partial charge >= 0.3 is 0 Å². The summed E-state index contributed by atoms with van der Waals surface area (Å²) in [6.07, 6.45) is 0.972. The van der Waals surface area contributed by atoms with Gasteiger partial charge in [0, 0.05) is 46.4 Å². The predicted molar refractivity (Wildman–Crippen MR) is 148 cm³/mol. The SMILES string of the molecule is COc1ccccc1CN1CCCN(Cc2ccccc2OC)C1c1cc(I)cc(I)c1O. The molecule has 0 radical (unpaired) electrons. The molecule has 0 unspecified atom stereocenters. The normalized spacial score (nSPS) is 15.5. The maximum absolute atomic E-state index is 11.1. The molecule has 0 atom stereocenters. The molecule has 1 aliphatic rings. The van der Waals surface area contributed by atoms with Crippen LogP contribution in [-0.4, -0.2) is 42.2 Å². The van der Waals surface area contributed by atoms with Crippen molar-refractivity contribution in [3.05, 3.63) is 84.5 Å². The van der Waals surface area contributed by atoms with E-state index in [-0.39, 0.29) is 6.17 Å². The number of benzene rings is 3. The third-order valence-electron chi connectivity index (χ3n) is 6.05. The number of aromatic hydroxyl groups is 1. The van der Waals surface area contributed by atoms with E-state index < -0.39 is 0 Å². The van der Waals surface area contributed by atoms with Crippen molar-refractivity contribution in [3.8, 4) is 17.2 Å². The van der Waals surface area contributed by atoms with Crippen molar-refractivity contribution < 1.29 is 14.6 Å². The number of methoxy groups -OCH3 is 2. The summed E-state index contributed by atoms with van der Waals surface area (Å²) in [5.41, 5.74) is 3.23. The first kappa shape index (κ1) is 24.6. The zero-order chi connectivity index (χ0) is 23.4. The smallest absolute Gasteiger partial charge is 0.135 e. The highest BCUT2D eigenvalue weighted by atomic mass is 127. The fourth-order valence-corrected chi connectivity index (χ4v) is 6.45. The second kappa shape index (κ2) is 11.2. The molecular weight excluding hydrogens is 642 g/mol. The molecule has 0 amide bonds. The first-order valence-corrected chi connectivity index (χ1v) is 13.1. The van der Waals surface area contributed by atoms with Crippen molar-refractivity contribution in [1.82, 2.24) is 9.80 Å². The lowest BCUT2D eigenvalue weighted by atomic mass is 10.0. The van der Waals surface area contributed by atoms with E-state index in [1.165, 1.54) is 0 Å². The molecule has 0 spiro atoms. The maximum Gasteiger partial charge on any atom is 0.135 e. The fraction of sp³-hybridized carbons (Fsp3) is 0.308. The molecule has 0 saturated carbocycles. The first-order valence-electron chi connectivity index (χ1n) is 10.9. The van der Waals surface area contributed by atoms with Crippen molar-refractivity contribution in [2.24, 2.45) is 0 Å². The van der Waals surface area contributed by atoms with Crippen LogP contribution in [0.4, 0.5) is 0 Å². The molecule has 1 heterocycles. The highest BCUT2D eigenvalue weighted by molar-refractivity contribution is 14.1. The Bertz CT molecular complexity index is 1050. The lowest BCUT2D eigenvalue weighted by molar-refractivity contribution is -0.0111. The Labute approximate surface area is 223 Å². The summed E-state index contributed by atoms with van der Waals surface area (Å²) in [5, 5.41) is 11.1. The Morgan fingerprint density at radius 1 is 0.848 bits per heavy atom. The van der Waals surface area contributed by atoms with Crippen molar-refractivity contribution >= 4 is 45.2 Å². The van der Waals surface area contributed by atoms with Crippen LogP contribution in [0.3, 0.4) is 0 Å². The van der Waals surface area contributed by atoms with E-state index in [9.17, 15) is 5.11 Å². The topological polar surface area (TPSA) is 45.2 Å². The minimum absolute atomic E-state index is 0.0724. The zero-order valence-corrected chi connectivity index (χ0v) is 23.1. The fourth-order valence-electron chi connectivity index (χ4n) is 4.56. The van der Waals surface area contributed by atoms with Gasteiger partial charge in [-0.05, 0) is 75.9 Å². The van der Waals surface area contributed by atoms with Crippen LogP contribution in [0.1, 0.15) is 29.3 Å². The average molecular weight is 670 g/mol. The van der Waals surface area contributed by atoms with Crippen LogP contribution in [-0.2, 0) is 13.1 Å². The van der Waals surface area contributed by atoms with Crippen molar-refractivity contribution in [3.63, 3.8) is 0 Å². The number of rotatable bonds is 7. The highest BCUT2D eigenvalue weighted by Gasteiger charge is 2.34. The maximum atomic E-state index is 11.1. The van der Waals surface area contributed by atoms with Crippen LogP contribution in [0.5, 0.6) is 17.2 Å². The van der Waals surface area contributed by atoms with E-state index >= 15 is 0 Å². The van der Waals surface area contributed by atoms with Crippen LogP contribution in [0, 0.1) is 7.14 Å². The van der Waals surface area contributed by atoms with Gasteiger partial charge in [-0.15, -0.1) is 0 Å². The van der Waals surface area contributed by atoms with Gasteiger partial charge in [0.15, 0.2) is 0 Å². The number of hydrogen-bond donors (Lipinski definition) is 1. The van der Waals surface area contributed by atoms with Gasteiger partial charge in [0.25, 0.3) is 0 Å². The van der Waals surface area contributed by atoms with E-state index in [1.54, 1.807) is 14.2 Å². The standard InChI is InChI=1S/C26H28I2N2O3/c1-32-23-10-5-3-8-18(23)16-29-12-7-13-30(17-19-9-4-6-11-24(19)33-2)26(29)21-14-20(27)15-22(28)25(21)31/h3-6,8-11,14-15,26,31H,7,12-13,16-17H2,1-2H3. The second-order valence-corrected chi connectivity index (χ2v) is 10.5. The number of phenolic OH excluding ortho intramolecular Hbond substituents is 1. The lowest BCUT2D eigenvalue weighted by Crippen LogP contribution is -2.47. The Balaban J connectivity index is 1.75. The molecular formula is C26H28I2N2O3. The summed E-state index contributed by atoms with van der Waals surface area (Å²) in [5.74, 6) is 2.14. The lowest BCUT2D eigenvalue weighted by Gasteiger charge is -2.45. The van der Waals surface area contributed by atoms with Gasteiger partial charge in [0.1, 0.15) is 17.2 Å². The van der Waals surface area contributed by atoms with Gasteiger partial charge in [0.2, 0.25) is 0 Å². The monoisotopic (exact) mass is 670 g/mol. The molecule has 1 fully saturated rings. The van der Waals surface area contributed by atoms with Gasteiger partial charge in [-0.2, -0.15) is 0 Å². The van der Waals surface area contributed by atoms with Crippen molar-refractivity contribution in [2.45, 2.75) is 25.7 Å². The molecule has 1 aliphatic heterocycles. The predicted octanol–water partition coefficient (Wildman–Crippen LogP) is 6.03. The van der Waals surface area contributed by atoms with Crippen molar-refractivity contribution in [2.75, 3.05) is 27.3 Å². The summed E-state index contributed by atoms with van der Waals surface area (Å²) in [4.78, 5) is 4.88. The molecule has 33 heavy (non-hydrogen) atoms. The average Bonchev–Trinajstić information content (AvgIpc) is 2.82. The molecule has 3 aromatic carbocycles. The molecule has 7 heteroatoms. The minimum atomic E-state index is -0.0724. The van der Waals surface area contributed by atoms with Crippen LogP contribution < -0.4 is 9.47 Å². The van der Waals surface area contributed by atoms with Gasteiger partial charge in [-0.1, -0.05) is 36.4 Å². The molecule has 1 saturated heterocycles. The van der Waals surface area contributed by atoms with E-state index in [2.05, 4.69) is 85.3 Å². The van der Waals surface area contributed by atoms with E-state index in [1.807, 2.05) is 30.3 Å². The summed E-state index contributed by atoms with van der Waals surface area (Å²) in [7, 11) is 3.43. The number of nitrogens with zero attached hydrogens (tertiary/aromatic N) is 2. The largest absolute Gasteiger partial charge is 0.506 e. The molecule has 4 rings (SSSR count). The molecule has 3 aromatic rings. The van der Waals surface area contributed by atoms with Gasteiger partial charge in [-0.3, -0.25) is 9.80 Å². The highest BCUT2D eigenvalue weighted by Crippen LogP contribution is 2.40. The van der Waals surface area contributed by atoms with E-state index in [0.717, 1.165) is 67.9 Å². The third-order valence-corrected chi connectivity index (χ3v) is 7.50. The molecule has 0 aromatic heterocycles. The number of hydrogen-bond acceptors (Lipinski definition) is 5. The third kappa shape index (κ3) is 5.58. The number of para-hydroxylation sites is 2.